The van der Waals surface area contributed by atoms with Gasteiger partial charge in [0.25, 0.3) is 5.56 Å². The summed E-state index contributed by atoms with van der Waals surface area (Å²) in [4.78, 5) is 18.1. The third-order valence-electron chi connectivity index (χ3n) is 5.06. The molecule has 0 fully saturated rings. The van der Waals surface area contributed by atoms with E-state index in [-0.39, 0.29) is 5.56 Å². The van der Waals surface area contributed by atoms with Gasteiger partial charge in [0.15, 0.2) is 5.82 Å². The quantitative estimate of drug-likeness (QED) is 0.414. The van der Waals surface area contributed by atoms with E-state index in [2.05, 4.69) is 11.1 Å². The number of furan rings is 1. The minimum atomic E-state index is -0.254. The molecule has 0 N–H and O–H groups in total. The SMILES string of the molecule is Cn1c(C(C#N)=c2sc(=Cc3ccco3)c(=O)n2-c2ccc(Cl)cc2)nc2ccccc21. The largest absolute Gasteiger partial charge is 0.465 e. The number of rotatable bonds is 3. The van der Waals surface area contributed by atoms with Crippen LogP contribution in [0.3, 0.4) is 0 Å². The number of hydrogen-bond acceptors (Lipinski definition) is 5. The lowest BCUT2D eigenvalue weighted by Crippen LogP contribution is -2.31. The van der Waals surface area contributed by atoms with E-state index in [1.54, 1.807) is 48.7 Å². The monoisotopic (exact) mass is 458 g/mol. The van der Waals surface area contributed by atoms with Gasteiger partial charge in [0.2, 0.25) is 0 Å². The number of aryl methyl sites for hydroxylation is 1. The smallest absolute Gasteiger partial charge is 0.273 e. The van der Waals surface area contributed by atoms with E-state index in [0.29, 0.717) is 37.1 Å². The van der Waals surface area contributed by atoms with E-state index in [0.717, 1.165) is 11.0 Å². The highest BCUT2D eigenvalue weighted by atomic mass is 35.5. The molecule has 0 unspecified atom stereocenters. The van der Waals surface area contributed by atoms with Gasteiger partial charge >= 0.3 is 0 Å². The highest BCUT2D eigenvalue weighted by Gasteiger charge is 2.18. The molecule has 5 rings (SSSR count). The molecule has 0 bridgehead atoms. The molecule has 3 aromatic heterocycles. The molecule has 0 atom stereocenters. The van der Waals surface area contributed by atoms with Gasteiger partial charge < -0.3 is 8.98 Å². The predicted octanol–water partition coefficient (Wildman–Crippen LogP) is 3.58. The number of fused-ring (bicyclic) bond motifs is 1. The summed E-state index contributed by atoms with van der Waals surface area (Å²) in [5, 5.41) is 10.7. The van der Waals surface area contributed by atoms with Crippen molar-refractivity contribution in [2.75, 3.05) is 0 Å². The molecule has 156 valence electrons. The first-order chi connectivity index (χ1) is 15.6. The first-order valence-electron chi connectivity index (χ1n) is 9.66. The molecule has 0 spiro atoms. The van der Waals surface area contributed by atoms with Crippen LogP contribution in [0.2, 0.25) is 5.02 Å². The number of benzene rings is 2. The van der Waals surface area contributed by atoms with E-state index in [1.165, 1.54) is 15.9 Å². The fourth-order valence-electron chi connectivity index (χ4n) is 3.54. The fraction of sp³-hybridized carbons (Fsp3) is 0.0417. The summed E-state index contributed by atoms with van der Waals surface area (Å²) in [5.74, 6) is 1.04. The van der Waals surface area contributed by atoms with Gasteiger partial charge in [0, 0.05) is 18.1 Å². The Kier molecular flexibility index (Phi) is 5.02. The average Bonchev–Trinajstić information content (AvgIpc) is 3.51. The average molecular weight is 459 g/mol. The highest BCUT2D eigenvalue weighted by molar-refractivity contribution is 7.07. The number of para-hydroxylation sites is 2. The summed E-state index contributed by atoms with van der Waals surface area (Å²) in [5.41, 5.74) is 2.33. The molecule has 0 aliphatic heterocycles. The van der Waals surface area contributed by atoms with E-state index < -0.39 is 0 Å². The highest BCUT2D eigenvalue weighted by Crippen LogP contribution is 2.19. The zero-order chi connectivity index (χ0) is 22.2. The molecule has 32 heavy (non-hydrogen) atoms. The second-order valence-electron chi connectivity index (χ2n) is 7.02. The third kappa shape index (κ3) is 3.36. The van der Waals surface area contributed by atoms with Crippen molar-refractivity contribution in [1.29, 1.82) is 5.26 Å². The van der Waals surface area contributed by atoms with Crippen molar-refractivity contribution < 1.29 is 4.42 Å². The summed E-state index contributed by atoms with van der Waals surface area (Å²) in [6.45, 7) is 0. The Hall–Kier alpha value is -3.86. The van der Waals surface area contributed by atoms with Gasteiger partial charge in [-0.05, 0) is 48.5 Å². The minimum Gasteiger partial charge on any atom is -0.465 e. The lowest BCUT2D eigenvalue weighted by Gasteiger charge is -2.05. The Labute approximate surface area is 191 Å². The number of imidazole rings is 1. The Balaban J connectivity index is 1.90. The summed E-state index contributed by atoms with van der Waals surface area (Å²) in [6.07, 6.45) is 3.22. The van der Waals surface area contributed by atoms with Crippen molar-refractivity contribution in [3.8, 4) is 11.8 Å². The standard InChI is InChI=1S/C24H15ClN4O2S/c1-28-20-7-3-2-6-19(20)27-22(28)18(14-26)24-29(16-10-8-15(25)9-11-16)23(30)21(32-24)13-17-5-4-12-31-17/h2-13H,1H3. The van der Waals surface area contributed by atoms with Crippen LogP contribution in [0.25, 0.3) is 28.4 Å². The second-order valence-corrected chi connectivity index (χ2v) is 8.49. The van der Waals surface area contributed by atoms with E-state index in [4.69, 9.17) is 16.0 Å². The molecule has 0 amide bonds. The van der Waals surface area contributed by atoms with Crippen molar-refractivity contribution in [2.24, 2.45) is 7.05 Å². The fourth-order valence-corrected chi connectivity index (χ4v) is 4.75. The number of nitriles is 1. The van der Waals surface area contributed by atoms with Crippen molar-refractivity contribution >= 4 is 45.6 Å². The summed E-state index contributed by atoms with van der Waals surface area (Å²) >= 11 is 7.27. The Morgan fingerprint density at radius 2 is 1.94 bits per heavy atom. The van der Waals surface area contributed by atoms with E-state index >= 15 is 0 Å². The first kappa shape index (κ1) is 20.1. The predicted molar refractivity (Wildman–Crippen MR) is 125 cm³/mol. The molecule has 0 saturated heterocycles. The van der Waals surface area contributed by atoms with Gasteiger partial charge in [0.1, 0.15) is 22.1 Å². The van der Waals surface area contributed by atoms with Gasteiger partial charge in [-0.1, -0.05) is 23.7 Å². The summed E-state index contributed by atoms with van der Waals surface area (Å²) in [6, 6.07) is 20.4. The van der Waals surface area contributed by atoms with Crippen LogP contribution >= 0.6 is 22.9 Å². The molecule has 5 aromatic rings. The molecule has 0 radical (unpaired) electrons. The molecular weight excluding hydrogens is 444 g/mol. The molecule has 6 nitrogen and oxygen atoms in total. The van der Waals surface area contributed by atoms with Crippen LogP contribution in [0, 0.1) is 11.3 Å². The Bertz CT molecular complexity index is 1670. The van der Waals surface area contributed by atoms with Crippen LogP contribution in [0.5, 0.6) is 0 Å². The molecular formula is C24H15ClN4O2S. The molecule has 0 aliphatic rings. The Morgan fingerprint density at radius 1 is 1.16 bits per heavy atom. The normalized spacial score (nSPS) is 12.8. The maximum absolute atomic E-state index is 13.4. The third-order valence-corrected chi connectivity index (χ3v) is 6.41. The van der Waals surface area contributed by atoms with Gasteiger partial charge in [-0.2, -0.15) is 5.26 Å². The second kappa shape index (κ2) is 8.00. The molecule has 0 saturated carbocycles. The van der Waals surface area contributed by atoms with Gasteiger partial charge in [0.05, 0.1) is 27.5 Å². The van der Waals surface area contributed by atoms with Gasteiger partial charge in [-0.15, -0.1) is 11.3 Å². The van der Waals surface area contributed by atoms with E-state index in [9.17, 15) is 10.1 Å². The van der Waals surface area contributed by atoms with Crippen molar-refractivity contribution in [3.63, 3.8) is 0 Å². The first-order valence-corrected chi connectivity index (χ1v) is 10.9. The Morgan fingerprint density at radius 3 is 2.62 bits per heavy atom. The number of halogens is 1. The van der Waals surface area contributed by atoms with Gasteiger partial charge in [-0.3, -0.25) is 9.36 Å². The van der Waals surface area contributed by atoms with E-state index in [1.807, 2.05) is 35.9 Å². The molecule has 3 heterocycles. The zero-order valence-corrected chi connectivity index (χ0v) is 18.4. The maximum Gasteiger partial charge on any atom is 0.273 e. The summed E-state index contributed by atoms with van der Waals surface area (Å²) in [7, 11) is 1.86. The van der Waals surface area contributed by atoms with Crippen LogP contribution in [-0.2, 0) is 7.05 Å². The van der Waals surface area contributed by atoms with Crippen molar-refractivity contribution in [3.05, 3.63) is 103 Å². The topological polar surface area (TPSA) is 76.8 Å². The summed E-state index contributed by atoms with van der Waals surface area (Å²) < 4.78 is 9.70. The van der Waals surface area contributed by atoms with Crippen LogP contribution in [-0.4, -0.2) is 14.1 Å². The number of thiazole rings is 1. The van der Waals surface area contributed by atoms with Gasteiger partial charge in [-0.25, -0.2) is 4.98 Å². The van der Waals surface area contributed by atoms with Crippen molar-refractivity contribution in [1.82, 2.24) is 14.1 Å². The van der Waals surface area contributed by atoms with Crippen molar-refractivity contribution in [2.45, 2.75) is 0 Å². The number of nitrogens with zero attached hydrogens (tertiary/aromatic N) is 4. The lowest BCUT2D eigenvalue weighted by atomic mass is 10.3. The molecule has 8 heteroatoms. The van der Waals surface area contributed by atoms with Crippen LogP contribution in [0.4, 0.5) is 0 Å². The lowest BCUT2D eigenvalue weighted by molar-refractivity contribution is 0.556. The number of hydrogen-bond donors (Lipinski definition) is 0. The zero-order valence-electron chi connectivity index (χ0n) is 16.8. The van der Waals surface area contributed by atoms with Crippen LogP contribution in [0.1, 0.15) is 11.6 Å². The molecule has 2 aromatic carbocycles. The minimum absolute atomic E-state index is 0.254. The molecule has 0 aliphatic carbocycles. The maximum atomic E-state index is 13.4. The number of aromatic nitrogens is 3. The van der Waals surface area contributed by atoms with Crippen LogP contribution in [0.15, 0.2) is 76.1 Å². The van der Waals surface area contributed by atoms with Crippen LogP contribution < -0.4 is 14.8 Å².